The molecule has 0 saturated heterocycles. The van der Waals surface area contributed by atoms with Crippen molar-refractivity contribution in [2.75, 3.05) is 0 Å². The third-order valence-electron chi connectivity index (χ3n) is 8.89. The van der Waals surface area contributed by atoms with E-state index in [0.29, 0.717) is 18.3 Å². The summed E-state index contributed by atoms with van der Waals surface area (Å²) in [6, 6.07) is 0. The van der Waals surface area contributed by atoms with E-state index in [2.05, 4.69) is 12.8 Å². The number of rotatable bonds is 0. The van der Waals surface area contributed by atoms with Crippen LogP contribution in [0.15, 0.2) is 0 Å². The molecule has 25 heavy (non-hydrogen) atoms. The maximum absolute atomic E-state index is 12.6. The molecule has 0 spiro atoms. The maximum Gasteiger partial charge on any atom is 0.189 e. The Bertz CT molecular complexity index is 638. The normalized spacial score (nSPS) is 58.0. The second kappa shape index (κ2) is 5.31. The summed E-state index contributed by atoms with van der Waals surface area (Å²) in [6.45, 7) is 4.27. The summed E-state index contributed by atoms with van der Waals surface area (Å²) in [6.07, 6.45) is 9.99. The fourth-order valence-electron chi connectivity index (χ4n) is 7.27. The summed E-state index contributed by atoms with van der Waals surface area (Å²) in [5, 5.41) is 32.0. The number of hydrogen-bond acceptors (Lipinski definition) is 4. The van der Waals surface area contributed by atoms with E-state index in [9.17, 15) is 20.1 Å². The highest BCUT2D eigenvalue weighted by molar-refractivity contribution is 5.94. The monoisotopic (exact) mass is 346 g/mol. The lowest BCUT2D eigenvalue weighted by Crippen LogP contribution is -2.60. The Labute approximate surface area is 150 Å². The summed E-state index contributed by atoms with van der Waals surface area (Å²) in [5.74, 6) is 2.78. The second-order valence-corrected chi connectivity index (χ2v) is 9.66. The fourth-order valence-corrected chi connectivity index (χ4v) is 7.27. The highest BCUT2D eigenvalue weighted by Gasteiger charge is 2.69. The lowest BCUT2D eigenvalue weighted by Gasteiger charge is -2.62. The smallest absolute Gasteiger partial charge is 0.189 e. The van der Waals surface area contributed by atoms with Crippen LogP contribution in [-0.4, -0.2) is 38.9 Å². The second-order valence-electron chi connectivity index (χ2n) is 9.66. The molecule has 0 radical (unpaired) electrons. The van der Waals surface area contributed by atoms with Crippen LogP contribution in [0, 0.1) is 46.8 Å². The van der Waals surface area contributed by atoms with Crippen molar-refractivity contribution in [3.8, 4) is 12.3 Å². The van der Waals surface area contributed by atoms with Gasteiger partial charge in [0.1, 0.15) is 0 Å². The first-order chi connectivity index (χ1) is 11.7. The molecule has 0 aromatic carbocycles. The van der Waals surface area contributed by atoms with Gasteiger partial charge in [-0.3, -0.25) is 4.79 Å². The number of Topliss-reactive ketones (excluding diaryl/α,β-unsaturated/α-hetero) is 1. The predicted octanol–water partition coefficient (Wildman–Crippen LogP) is 1.90. The van der Waals surface area contributed by atoms with Crippen LogP contribution < -0.4 is 0 Å². The van der Waals surface area contributed by atoms with Gasteiger partial charge < -0.3 is 15.3 Å². The summed E-state index contributed by atoms with van der Waals surface area (Å²) in [7, 11) is 0. The Morgan fingerprint density at radius 1 is 1.12 bits per heavy atom. The van der Waals surface area contributed by atoms with Gasteiger partial charge in [0.25, 0.3) is 0 Å². The molecular formula is C21H30O4. The average Bonchev–Trinajstić information content (AvgIpc) is 2.77. The SMILES string of the molecule is C#C[C@]1(O)C(=O)CC2C3C(O)C[C@@H]4C[C@@H](O)CC[C@]4(C)C3CC[C@@]21C. The van der Waals surface area contributed by atoms with Crippen molar-refractivity contribution in [1.29, 1.82) is 0 Å². The Morgan fingerprint density at radius 3 is 2.52 bits per heavy atom. The van der Waals surface area contributed by atoms with Crippen molar-refractivity contribution in [2.24, 2.45) is 34.5 Å². The molecule has 4 rings (SSSR count). The zero-order chi connectivity index (χ0) is 18.2. The Kier molecular flexibility index (Phi) is 3.72. The van der Waals surface area contributed by atoms with Gasteiger partial charge in [0.15, 0.2) is 11.4 Å². The molecule has 138 valence electrons. The largest absolute Gasteiger partial charge is 0.393 e. The summed E-state index contributed by atoms with van der Waals surface area (Å²) in [4.78, 5) is 12.6. The lowest BCUT2D eigenvalue weighted by molar-refractivity contribution is -0.184. The molecule has 4 nitrogen and oxygen atoms in total. The van der Waals surface area contributed by atoms with Gasteiger partial charge in [-0.1, -0.05) is 19.8 Å². The first-order valence-electron chi connectivity index (χ1n) is 9.77. The molecule has 4 saturated carbocycles. The van der Waals surface area contributed by atoms with Gasteiger partial charge in [0, 0.05) is 11.8 Å². The van der Waals surface area contributed by atoms with Crippen LogP contribution in [0.3, 0.4) is 0 Å². The number of aliphatic hydroxyl groups excluding tert-OH is 2. The average molecular weight is 346 g/mol. The Hall–Kier alpha value is -0.890. The maximum atomic E-state index is 12.6. The molecule has 4 fully saturated rings. The molecule has 0 aromatic heterocycles. The molecule has 9 atom stereocenters. The van der Waals surface area contributed by atoms with E-state index in [4.69, 9.17) is 6.42 Å². The van der Waals surface area contributed by atoms with Crippen molar-refractivity contribution in [3.63, 3.8) is 0 Å². The first-order valence-corrected chi connectivity index (χ1v) is 9.77. The highest BCUT2D eigenvalue weighted by atomic mass is 16.3. The van der Waals surface area contributed by atoms with Crippen LogP contribution in [0.25, 0.3) is 0 Å². The zero-order valence-corrected chi connectivity index (χ0v) is 15.2. The molecule has 0 aliphatic heterocycles. The van der Waals surface area contributed by atoms with E-state index in [1.807, 2.05) is 6.92 Å². The van der Waals surface area contributed by atoms with Crippen molar-refractivity contribution in [2.45, 2.75) is 76.6 Å². The summed E-state index contributed by atoms with van der Waals surface area (Å²) in [5.41, 5.74) is -2.23. The Morgan fingerprint density at radius 2 is 1.84 bits per heavy atom. The van der Waals surface area contributed by atoms with Crippen LogP contribution >= 0.6 is 0 Å². The number of ketones is 1. The topological polar surface area (TPSA) is 77.8 Å². The molecule has 4 heteroatoms. The number of hydrogen-bond donors (Lipinski definition) is 3. The minimum Gasteiger partial charge on any atom is -0.393 e. The van der Waals surface area contributed by atoms with Crippen LogP contribution in [-0.2, 0) is 4.79 Å². The standard InChI is InChI=1S/C21H30O4/c1-4-21(25)17(24)11-15-18-14(6-8-20(15,21)3)19(2)7-5-13(22)9-12(19)10-16(18)23/h1,12-16,18,22-23,25H,5-11H2,2-3H3/t12-,13-,14?,15?,16?,18?,19-,20-,21-/m0/s1. The third kappa shape index (κ3) is 2.04. The van der Waals surface area contributed by atoms with Crippen molar-refractivity contribution >= 4 is 5.78 Å². The van der Waals surface area contributed by atoms with E-state index < -0.39 is 17.1 Å². The number of fused-ring (bicyclic) bond motifs is 5. The van der Waals surface area contributed by atoms with Crippen molar-refractivity contribution in [3.05, 3.63) is 0 Å². The van der Waals surface area contributed by atoms with Gasteiger partial charge in [0.05, 0.1) is 12.2 Å². The van der Waals surface area contributed by atoms with Crippen LogP contribution in [0.5, 0.6) is 0 Å². The van der Waals surface area contributed by atoms with Gasteiger partial charge in [-0.05, 0) is 67.6 Å². The zero-order valence-electron chi connectivity index (χ0n) is 15.2. The number of carbonyl (C=O) groups excluding carboxylic acids is 1. The highest BCUT2D eigenvalue weighted by Crippen LogP contribution is 2.67. The van der Waals surface area contributed by atoms with Crippen LogP contribution in [0.4, 0.5) is 0 Å². The quantitative estimate of drug-likeness (QED) is 0.586. The van der Waals surface area contributed by atoms with Crippen LogP contribution in [0.1, 0.15) is 58.8 Å². The number of terminal acetylenes is 1. The molecular weight excluding hydrogens is 316 g/mol. The van der Waals surface area contributed by atoms with E-state index in [0.717, 1.165) is 32.1 Å². The number of aliphatic hydroxyl groups is 3. The molecule has 3 N–H and O–H groups in total. The van der Waals surface area contributed by atoms with E-state index >= 15 is 0 Å². The molecule has 0 heterocycles. The first kappa shape index (κ1) is 17.5. The van der Waals surface area contributed by atoms with Crippen molar-refractivity contribution in [1.82, 2.24) is 0 Å². The minimum atomic E-state index is -1.69. The van der Waals surface area contributed by atoms with E-state index in [-0.39, 0.29) is 35.6 Å². The molecule has 4 aliphatic rings. The molecule has 0 bridgehead atoms. The van der Waals surface area contributed by atoms with Crippen molar-refractivity contribution < 1.29 is 20.1 Å². The van der Waals surface area contributed by atoms with Gasteiger partial charge >= 0.3 is 0 Å². The summed E-state index contributed by atoms with van der Waals surface area (Å²) < 4.78 is 0. The van der Waals surface area contributed by atoms with Gasteiger partial charge in [-0.25, -0.2) is 0 Å². The number of carbonyl (C=O) groups is 1. The summed E-state index contributed by atoms with van der Waals surface area (Å²) >= 11 is 0. The Balaban J connectivity index is 1.73. The van der Waals surface area contributed by atoms with Crippen LogP contribution in [0.2, 0.25) is 0 Å². The third-order valence-corrected chi connectivity index (χ3v) is 8.89. The van der Waals surface area contributed by atoms with E-state index in [1.54, 1.807) is 0 Å². The van der Waals surface area contributed by atoms with Gasteiger partial charge in [-0.15, -0.1) is 6.42 Å². The van der Waals surface area contributed by atoms with Gasteiger partial charge in [-0.2, -0.15) is 0 Å². The fraction of sp³-hybridized carbons (Fsp3) is 0.857. The van der Waals surface area contributed by atoms with Gasteiger partial charge in [0.2, 0.25) is 0 Å². The molecule has 0 amide bonds. The molecule has 4 aliphatic carbocycles. The van der Waals surface area contributed by atoms with E-state index in [1.165, 1.54) is 0 Å². The molecule has 4 unspecified atom stereocenters. The molecule has 0 aromatic rings. The predicted molar refractivity (Wildman–Crippen MR) is 93.3 cm³/mol. The minimum absolute atomic E-state index is 0.0153. The lowest BCUT2D eigenvalue weighted by atomic mass is 9.43.